The number of anilines is 2. The van der Waals surface area contributed by atoms with Crippen LogP contribution in [0.15, 0.2) is 48.5 Å². The summed E-state index contributed by atoms with van der Waals surface area (Å²) < 4.78 is 0. The molecule has 1 aliphatic rings. The Morgan fingerprint density at radius 3 is 2.60 bits per heavy atom. The van der Waals surface area contributed by atoms with E-state index in [2.05, 4.69) is 17.4 Å². The molecule has 0 aromatic heterocycles. The van der Waals surface area contributed by atoms with Crippen molar-refractivity contribution >= 4 is 17.1 Å². The van der Waals surface area contributed by atoms with Gasteiger partial charge in [-0.05, 0) is 18.1 Å². The Morgan fingerprint density at radius 2 is 1.95 bits per heavy atom. The van der Waals surface area contributed by atoms with Gasteiger partial charge in [0, 0.05) is 24.1 Å². The van der Waals surface area contributed by atoms with Gasteiger partial charge in [-0.2, -0.15) is 0 Å². The van der Waals surface area contributed by atoms with Crippen molar-refractivity contribution in [2.75, 3.05) is 11.1 Å². The summed E-state index contributed by atoms with van der Waals surface area (Å²) >= 11 is 0. The molecule has 5 heteroatoms. The van der Waals surface area contributed by atoms with Gasteiger partial charge in [0.2, 0.25) is 0 Å². The molecule has 2 aromatic rings. The molecular weight excluding hydrogens is 254 g/mol. The highest BCUT2D eigenvalue weighted by atomic mass is 16.6. The lowest BCUT2D eigenvalue weighted by Gasteiger charge is -2.09. The van der Waals surface area contributed by atoms with Gasteiger partial charge in [-0.25, -0.2) is 0 Å². The summed E-state index contributed by atoms with van der Waals surface area (Å²) in [5.74, 6) is 0.491. The molecule has 0 saturated heterocycles. The van der Waals surface area contributed by atoms with Crippen LogP contribution < -0.4 is 11.1 Å². The molecule has 0 spiro atoms. The molecule has 0 radical (unpaired) electrons. The van der Waals surface area contributed by atoms with Crippen molar-refractivity contribution in [2.45, 2.75) is 18.4 Å². The highest BCUT2D eigenvalue weighted by Gasteiger charge is 2.38. The maximum absolute atomic E-state index is 10.7. The van der Waals surface area contributed by atoms with Crippen LogP contribution in [0, 0.1) is 10.1 Å². The maximum Gasteiger partial charge on any atom is 0.271 e. The summed E-state index contributed by atoms with van der Waals surface area (Å²) in [5.41, 5.74) is 8.36. The van der Waals surface area contributed by atoms with Crippen molar-refractivity contribution in [2.24, 2.45) is 0 Å². The second-order valence-electron chi connectivity index (χ2n) is 5.03. The molecule has 2 unspecified atom stereocenters. The van der Waals surface area contributed by atoms with E-state index in [1.165, 1.54) is 17.7 Å². The third-order valence-electron chi connectivity index (χ3n) is 3.61. The SMILES string of the molecule is Nc1cc([N+](=O)[O-])ccc1NC1CC1c1ccccc1. The van der Waals surface area contributed by atoms with E-state index >= 15 is 0 Å². The first-order valence-electron chi connectivity index (χ1n) is 6.50. The van der Waals surface area contributed by atoms with Crippen molar-refractivity contribution in [3.05, 3.63) is 64.2 Å². The molecule has 20 heavy (non-hydrogen) atoms. The van der Waals surface area contributed by atoms with Crippen molar-refractivity contribution in [3.8, 4) is 0 Å². The zero-order valence-corrected chi connectivity index (χ0v) is 10.8. The van der Waals surface area contributed by atoms with Crippen LogP contribution in [0.4, 0.5) is 17.1 Å². The molecule has 0 amide bonds. The molecular formula is C15H15N3O2. The zero-order valence-electron chi connectivity index (χ0n) is 10.8. The minimum atomic E-state index is -0.440. The van der Waals surface area contributed by atoms with Crippen LogP contribution in [0.25, 0.3) is 0 Å². The lowest BCUT2D eigenvalue weighted by atomic mass is 10.1. The molecule has 3 N–H and O–H groups in total. The molecule has 0 bridgehead atoms. The van der Waals surface area contributed by atoms with Crippen LogP contribution in [-0.4, -0.2) is 11.0 Å². The van der Waals surface area contributed by atoms with E-state index in [1.807, 2.05) is 18.2 Å². The Labute approximate surface area is 116 Å². The fraction of sp³-hybridized carbons (Fsp3) is 0.200. The van der Waals surface area contributed by atoms with Gasteiger partial charge in [0.25, 0.3) is 5.69 Å². The minimum absolute atomic E-state index is 0.0171. The van der Waals surface area contributed by atoms with E-state index in [0.29, 0.717) is 17.6 Å². The topological polar surface area (TPSA) is 81.2 Å². The van der Waals surface area contributed by atoms with E-state index in [1.54, 1.807) is 6.07 Å². The predicted molar refractivity (Wildman–Crippen MR) is 78.7 cm³/mol. The first-order chi connectivity index (χ1) is 9.65. The van der Waals surface area contributed by atoms with Crippen LogP contribution in [0.1, 0.15) is 17.9 Å². The van der Waals surface area contributed by atoms with Crippen molar-refractivity contribution < 1.29 is 4.92 Å². The van der Waals surface area contributed by atoms with E-state index in [4.69, 9.17) is 5.73 Å². The number of hydrogen-bond donors (Lipinski definition) is 2. The maximum atomic E-state index is 10.7. The lowest BCUT2D eigenvalue weighted by molar-refractivity contribution is -0.384. The van der Waals surface area contributed by atoms with Crippen molar-refractivity contribution in [1.82, 2.24) is 0 Å². The van der Waals surface area contributed by atoms with Crippen molar-refractivity contribution in [1.29, 1.82) is 0 Å². The van der Waals surface area contributed by atoms with Gasteiger partial charge in [-0.1, -0.05) is 30.3 Å². The summed E-state index contributed by atoms with van der Waals surface area (Å²) in [7, 11) is 0. The smallest absolute Gasteiger partial charge is 0.271 e. The van der Waals surface area contributed by atoms with Gasteiger partial charge >= 0.3 is 0 Å². The summed E-state index contributed by atoms with van der Waals surface area (Å²) in [6.45, 7) is 0. The number of non-ortho nitro benzene ring substituents is 1. The average molecular weight is 269 g/mol. The van der Waals surface area contributed by atoms with Gasteiger partial charge in [0.05, 0.1) is 16.3 Å². The van der Waals surface area contributed by atoms with Gasteiger partial charge in [-0.3, -0.25) is 10.1 Å². The van der Waals surface area contributed by atoms with Crippen LogP contribution in [0.5, 0.6) is 0 Å². The molecule has 102 valence electrons. The second-order valence-corrected chi connectivity index (χ2v) is 5.03. The Bertz CT molecular complexity index is 643. The van der Waals surface area contributed by atoms with Gasteiger partial charge in [0.1, 0.15) is 0 Å². The third-order valence-corrected chi connectivity index (χ3v) is 3.61. The number of rotatable bonds is 4. The second kappa shape index (κ2) is 4.85. The van der Waals surface area contributed by atoms with Crippen molar-refractivity contribution in [3.63, 3.8) is 0 Å². The number of benzene rings is 2. The molecule has 5 nitrogen and oxygen atoms in total. The summed E-state index contributed by atoms with van der Waals surface area (Å²) in [5, 5.41) is 14.0. The number of nitrogens with one attached hydrogen (secondary N) is 1. The first kappa shape index (κ1) is 12.5. The van der Waals surface area contributed by atoms with Crippen LogP contribution in [0.3, 0.4) is 0 Å². The number of nitrogens with zero attached hydrogens (tertiary/aromatic N) is 1. The Hall–Kier alpha value is -2.56. The number of hydrogen-bond acceptors (Lipinski definition) is 4. The van der Waals surface area contributed by atoms with Crippen LogP contribution in [-0.2, 0) is 0 Å². The summed E-state index contributed by atoms with van der Waals surface area (Å²) in [4.78, 5) is 10.2. The molecule has 1 aliphatic carbocycles. The van der Waals surface area contributed by atoms with E-state index in [-0.39, 0.29) is 5.69 Å². The van der Waals surface area contributed by atoms with E-state index in [0.717, 1.165) is 12.1 Å². The lowest BCUT2D eigenvalue weighted by Crippen LogP contribution is -2.06. The highest BCUT2D eigenvalue weighted by Crippen LogP contribution is 2.43. The fourth-order valence-electron chi connectivity index (χ4n) is 2.42. The Kier molecular flexibility index (Phi) is 3.02. The minimum Gasteiger partial charge on any atom is -0.397 e. The third kappa shape index (κ3) is 2.42. The number of nitrogens with two attached hydrogens (primary N) is 1. The quantitative estimate of drug-likeness (QED) is 0.507. The van der Waals surface area contributed by atoms with Crippen LogP contribution >= 0.6 is 0 Å². The average Bonchev–Trinajstić information content (AvgIpc) is 3.21. The Balaban J connectivity index is 1.70. The number of nitro benzene ring substituents is 1. The molecule has 1 fully saturated rings. The zero-order chi connectivity index (χ0) is 14.1. The molecule has 2 atom stereocenters. The predicted octanol–water partition coefficient (Wildman–Crippen LogP) is 3.15. The number of nitro groups is 1. The molecule has 1 saturated carbocycles. The molecule has 0 aliphatic heterocycles. The Morgan fingerprint density at radius 1 is 1.20 bits per heavy atom. The molecule has 2 aromatic carbocycles. The van der Waals surface area contributed by atoms with E-state index < -0.39 is 4.92 Å². The molecule has 3 rings (SSSR count). The van der Waals surface area contributed by atoms with Gasteiger partial charge in [0.15, 0.2) is 0 Å². The largest absolute Gasteiger partial charge is 0.397 e. The summed E-state index contributed by atoms with van der Waals surface area (Å²) in [6, 6.07) is 15.2. The van der Waals surface area contributed by atoms with Gasteiger partial charge < -0.3 is 11.1 Å². The molecule has 0 heterocycles. The monoisotopic (exact) mass is 269 g/mol. The highest BCUT2D eigenvalue weighted by molar-refractivity contribution is 5.70. The summed E-state index contributed by atoms with van der Waals surface area (Å²) in [6.07, 6.45) is 1.06. The number of nitrogen functional groups attached to an aromatic ring is 1. The standard InChI is InChI=1S/C15H15N3O2/c16-13-8-11(18(19)20)6-7-14(13)17-15-9-12(15)10-4-2-1-3-5-10/h1-8,12,15,17H,9,16H2. The first-order valence-corrected chi connectivity index (χ1v) is 6.50. The fourth-order valence-corrected chi connectivity index (χ4v) is 2.42. The van der Waals surface area contributed by atoms with Crippen LogP contribution in [0.2, 0.25) is 0 Å². The van der Waals surface area contributed by atoms with Gasteiger partial charge in [-0.15, -0.1) is 0 Å². The van der Waals surface area contributed by atoms with E-state index in [9.17, 15) is 10.1 Å². The normalized spacial score (nSPS) is 20.4.